The Hall–Kier alpha value is -1.56. The third-order valence-electron chi connectivity index (χ3n) is 1.72. The van der Waals surface area contributed by atoms with Crippen LogP contribution in [0.25, 0.3) is 0 Å². The third-order valence-corrected chi connectivity index (χ3v) is 1.72. The summed E-state index contributed by atoms with van der Waals surface area (Å²) in [5.41, 5.74) is -0.914. The summed E-state index contributed by atoms with van der Waals surface area (Å²) < 4.78 is 41.3. The maximum Gasteiger partial charge on any atom is 0.416 e. The van der Waals surface area contributed by atoms with E-state index < -0.39 is 23.8 Å². The van der Waals surface area contributed by atoms with Crippen molar-refractivity contribution in [1.82, 2.24) is 0 Å². The summed E-state index contributed by atoms with van der Waals surface area (Å²) in [7, 11) is 0. The minimum absolute atomic E-state index is 0.249. The quantitative estimate of drug-likeness (QED) is 0.628. The number of aliphatic hydroxyl groups is 1. The van der Waals surface area contributed by atoms with Gasteiger partial charge in [-0.15, -0.1) is 0 Å². The second kappa shape index (κ2) is 4.52. The van der Waals surface area contributed by atoms with Crippen LogP contribution in [0.15, 0.2) is 24.3 Å². The molecule has 88 valence electrons. The van der Waals surface area contributed by atoms with Crippen LogP contribution < -0.4 is 4.74 Å². The Morgan fingerprint density at radius 2 is 2.06 bits per heavy atom. The number of hydrogen-bond donors (Lipinski definition) is 1. The van der Waals surface area contributed by atoms with Gasteiger partial charge < -0.3 is 9.84 Å². The predicted octanol–water partition coefficient (Wildman–Crippen LogP) is 1.99. The van der Waals surface area contributed by atoms with Gasteiger partial charge in [0, 0.05) is 0 Å². The molecule has 0 heterocycles. The van der Waals surface area contributed by atoms with Crippen molar-refractivity contribution >= 4 is 5.97 Å². The summed E-state index contributed by atoms with van der Waals surface area (Å²) in [6.07, 6.45) is -5.87. The van der Waals surface area contributed by atoms with E-state index in [4.69, 9.17) is 5.11 Å². The van der Waals surface area contributed by atoms with Gasteiger partial charge in [-0.2, -0.15) is 13.2 Å². The first-order chi connectivity index (χ1) is 7.30. The number of esters is 1. The lowest BCUT2D eigenvalue weighted by Gasteiger charge is -2.09. The molecule has 0 amide bonds. The average Bonchev–Trinajstić information content (AvgIpc) is 2.16. The van der Waals surface area contributed by atoms with Gasteiger partial charge in [0.1, 0.15) is 11.9 Å². The van der Waals surface area contributed by atoms with Crippen molar-refractivity contribution in [1.29, 1.82) is 0 Å². The van der Waals surface area contributed by atoms with Gasteiger partial charge in [-0.1, -0.05) is 6.07 Å². The summed E-state index contributed by atoms with van der Waals surface area (Å²) in [4.78, 5) is 10.9. The Morgan fingerprint density at radius 1 is 1.44 bits per heavy atom. The molecule has 1 rings (SSSR count). The van der Waals surface area contributed by atoms with E-state index in [1.54, 1.807) is 0 Å². The number of carbonyl (C=O) groups is 1. The molecule has 0 aliphatic rings. The molecule has 0 saturated heterocycles. The summed E-state index contributed by atoms with van der Waals surface area (Å²) in [6, 6.07) is 3.88. The Balaban J connectivity index is 2.88. The molecule has 1 aromatic rings. The molecular formula is C10H9F3O3. The SMILES string of the molecule is CC(O)C(=O)Oc1cccc(C(F)(F)F)c1. The van der Waals surface area contributed by atoms with Crippen molar-refractivity contribution in [3.05, 3.63) is 29.8 Å². The molecule has 1 unspecified atom stereocenters. The van der Waals surface area contributed by atoms with Gasteiger partial charge in [0.2, 0.25) is 0 Å². The molecule has 1 aromatic carbocycles. The molecule has 0 fully saturated rings. The minimum atomic E-state index is -4.49. The zero-order valence-corrected chi connectivity index (χ0v) is 8.28. The number of aliphatic hydroxyl groups excluding tert-OH is 1. The van der Waals surface area contributed by atoms with Crippen LogP contribution in [0.4, 0.5) is 13.2 Å². The highest BCUT2D eigenvalue weighted by atomic mass is 19.4. The Labute approximate surface area is 89.5 Å². The number of rotatable bonds is 2. The van der Waals surface area contributed by atoms with Crippen molar-refractivity contribution in [2.75, 3.05) is 0 Å². The number of halogens is 3. The number of ether oxygens (including phenoxy) is 1. The maximum absolute atomic E-state index is 12.3. The zero-order valence-electron chi connectivity index (χ0n) is 8.28. The van der Waals surface area contributed by atoms with E-state index in [9.17, 15) is 18.0 Å². The summed E-state index contributed by atoms with van der Waals surface area (Å²) in [5.74, 6) is -1.25. The van der Waals surface area contributed by atoms with Gasteiger partial charge >= 0.3 is 12.1 Å². The first-order valence-corrected chi connectivity index (χ1v) is 4.37. The Morgan fingerprint density at radius 3 is 2.56 bits per heavy atom. The van der Waals surface area contributed by atoms with Crippen LogP contribution in [0.5, 0.6) is 5.75 Å². The Bertz CT molecular complexity index is 385. The fraction of sp³-hybridized carbons (Fsp3) is 0.300. The minimum Gasteiger partial charge on any atom is -0.425 e. The molecule has 0 aliphatic heterocycles. The molecule has 0 aromatic heterocycles. The topological polar surface area (TPSA) is 46.5 Å². The number of benzene rings is 1. The predicted molar refractivity (Wildman–Crippen MR) is 48.8 cm³/mol. The third kappa shape index (κ3) is 3.23. The van der Waals surface area contributed by atoms with Gasteiger partial charge in [-0.05, 0) is 25.1 Å². The van der Waals surface area contributed by atoms with Crippen LogP contribution in [-0.2, 0) is 11.0 Å². The van der Waals surface area contributed by atoms with Crippen molar-refractivity contribution in [2.45, 2.75) is 19.2 Å². The molecule has 0 spiro atoms. The standard InChI is InChI=1S/C10H9F3O3/c1-6(14)9(15)16-8-4-2-3-7(5-8)10(11,12)13/h2-6,14H,1H3. The first kappa shape index (κ1) is 12.5. The molecule has 16 heavy (non-hydrogen) atoms. The fourth-order valence-electron chi connectivity index (χ4n) is 0.937. The zero-order chi connectivity index (χ0) is 12.3. The smallest absolute Gasteiger partial charge is 0.416 e. The van der Waals surface area contributed by atoms with Crippen molar-refractivity contribution < 1.29 is 27.8 Å². The lowest BCUT2D eigenvalue weighted by molar-refractivity contribution is -0.143. The lowest BCUT2D eigenvalue weighted by Crippen LogP contribution is -2.22. The van der Waals surface area contributed by atoms with Crippen molar-refractivity contribution in [3.63, 3.8) is 0 Å². The van der Waals surface area contributed by atoms with E-state index >= 15 is 0 Å². The molecule has 3 nitrogen and oxygen atoms in total. The van der Waals surface area contributed by atoms with Gasteiger partial charge in [0.15, 0.2) is 0 Å². The van der Waals surface area contributed by atoms with E-state index in [-0.39, 0.29) is 5.75 Å². The number of carbonyl (C=O) groups excluding carboxylic acids is 1. The average molecular weight is 234 g/mol. The molecule has 0 bridgehead atoms. The number of hydrogen-bond acceptors (Lipinski definition) is 3. The number of alkyl halides is 3. The summed E-state index contributed by atoms with van der Waals surface area (Å²) in [5, 5.41) is 8.81. The molecule has 1 atom stereocenters. The Kier molecular flexibility index (Phi) is 3.54. The second-order valence-electron chi connectivity index (χ2n) is 3.12. The van der Waals surface area contributed by atoms with Crippen LogP contribution in [0.2, 0.25) is 0 Å². The van der Waals surface area contributed by atoms with E-state index in [2.05, 4.69) is 4.74 Å². The van der Waals surface area contributed by atoms with E-state index in [1.807, 2.05) is 0 Å². The largest absolute Gasteiger partial charge is 0.425 e. The van der Waals surface area contributed by atoms with Crippen LogP contribution in [-0.4, -0.2) is 17.2 Å². The molecule has 0 aliphatic carbocycles. The molecule has 6 heteroatoms. The molecular weight excluding hydrogens is 225 g/mol. The van der Waals surface area contributed by atoms with Crippen LogP contribution in [0.1, 0.15) is 12.5 Å². The van der Waals surface area contributed by atoms with Crippen molar-refractivity contribution in [2.24, 2.45) is 0 Å². The highest BCUT2D eigenvalue weighted by molar-refractivity contribution is 5.76. The van der Waals surface area contributed by atoms with Crippen molar-refractivity contribution in [3.8, 4) is 5.75 Å². The van der Waals surface area contributed by atoms with Gasteiger partial charge in [0.05, 0.1) is 5.56 Å². The lowest BCUT2D eigenvalue weighted by atomic mass is 10.2. The van der Waals surface area contributed by atoms with Gasteiger partial charge in [-0.25, -0.2) is 4.79 Å². The monoisotopic (exact) mass is 234 g/mol. The summed E-state index contributed by atoms with van der Waals surface area (Å²) >= 11 is 0. The normalized spacial score (nSPS) is 13.3. The molecule has 0 radical (unpaired) electrons. The fourth-order valence-corrected chi connectivity index (χ4v) is 0.937. The van der Waals surface area contributed by atoms with E-state index in [0.29, 0.717) is 6.07 Å². The molecule has 1 N–H and O–H groups in total. The highest BCUT2D eigenvalue weighted by Gasteiger charge is 2.30. The van der Waals surface area contributed by atoms with Gasteiger partial charge in [-0.3, -0.25) is 0 Å². The molecule has 0 saturated carbocycles. The van der Waals surface area contributed by atoms with Gasteiger partial charge in [0.25, 0.3) is 0 Å². The van der Waals surface area contributed by atoms with Crippen LogP contribution >= 0.6 is 0 Å². The summed E-state index contributed by atoms with van der Waals surface area (Å²) in [6.45, 7) is 1.16. The van der Waals surface area contributed by atoms with E-state index in [0.717, 1.165) is 19.1 Å². The van der Waals surface area contributed by atoms with Crippen LogP contribution in [0.3, 0.4) is 0 Å². The first-order valence-electron chi connectivity index (χ1n) is 4.37. The van der Waals surface area contributed by atoms with Crippen LogP contribution in [0, 0.1) is 0 Å². The maximum atomic E-state index is 12.3. The second-order valence-corrected chi connectivity index (χ2v) is 3.12. The van der Waals surface area contributed by atoms with E-state index in [1.165, 1.54) is 6.07 Å². The highest BCUT2D eigenvalue weighted by Crippen LogP contribution is 2.31.